The first kappa shape index (κ1) is 45.8. The summed E-state index contributed by atoms with van der Waals surface area (Å²) in [7, 11) is 0. The van der Waals surface area contributed by atoms with E-state index in [2.05, 4.69) is 36.4 Å². The number of hydrogen-bond donors (Lipinski definition) is 0. The van der Waals surface area contributed by atoms with Gasteiger partial charge >= 0.3 is 11.9 Å². The first-order chi connectivity index (χ1) is 33.2. The lowest BCUT2D eigenvalue weighted by Crippen LogP contribution is -2.67. The normalized spacial score (nSPS) is 15.1. The fourth-order valence-corrected chi connectivity index (χ4v) is 16.2. The van der Waals surface area contributed by atoms with Gasteiger partial charge in [0, 0.05) is 30.8 Å². The van der Waals surface area contributed by atoms with Crippen molar-refractivity contribution >= 4 is 74.8 Å². The molecule has 1 aliphatic heterocycles. The molecule has 0 N–H and O–H groups in total. The Morgan fingerprint density at radius 1 is 0.662 bits per heavy atom. The van der Waals surface area contributed by atoms with Crippen LogP contribution in [0.2, 0.25) is 0 Å². The fourth-order valence-electron chi connectivity index (χ4n) is 9.05. The Labute approximate surface area is 403 Å². The number of esters is 2. The molecule has 1 amide bonds. The summed E-state index contributed by atoms with van der Waals surface area (Å²) in [6, 6.07) is 69.3. The van der Waals surface area contributed by atoms with E-state index in [-0.39, 0.29) is 17.7 Å². The number of amides is 1. The van der Waals surface area contributed by atoms with E-state index >= 15 is 9.59 Å². The van der Waals surface area contributed by atoms with Crippen LogP contribution in [0, 0.1) is 16.0 Å². The second kappa shape index (κ2) is 20.3. The summed E-state index contributed by atoms with van der Waals surface area (Å²) < 4.78 is 11.7. The van der Waals surface area contributed by atoms with Crippen LogP contribution >= 0.6 is 30.0 Å². The highest BCUT2D eigenvalue weighted by Gasteiger charge is 2.61. The molecule has 3 unspecified atom stereocenters. The maximum atomic E-state index is 16.1. The number of β-lactam (4-membered cyclic amide) rings is 1. The van der Waals surface area contributed by atoms with Crippen LogP contribution in [0.3, 0.4) is 0 Å². The lowest BCUT2D eigenvalue weighted by Gasteiger charge is -2.53. The maximum Gasteiger partial charge on any atom is 0.356 e. The van der Waals surface area contributed by atoms with Crippen LogP contribution in [0.4, 0.5) is 5.69 Å². The molecule has 7 aromatic carbocycles. The van der Waals surface area contributed by atoms with Crippen LogP contribution in [-0.2, 0) is 35.2 Å². The number of thiophene rings is 1. The molecule has 1 aliphatic rings. The van der Waals surface area contributed by atoms with E-state index in [0.717, 1.165) is 32.6 Å². The predicted molar refractivity (Wildman–Crippen MR) is 273 cm³/mol. The van der Waals surface area contributed by atoms with Gasteiger partial charge in [0.05, 0.1) is 9.67 Å². The number of likely N-dealkylation sites (tertiary alicyclic amines) is 1. The van der Waals surface area contributed by atoms with Crippen molar-refractivity contribution in [2.45, 2.75) is 29.8 Å². The van der Waals surface area contributed by atoms with Gasteiger partial charge in [-0.2, -0.15) is 0 Å². The van der Waals surface area contributed by atoms with Gasteiger partial charge in [0.25, 0.3) is 5.69 Å². The summed E-state index contributed by atoms with van der Waals surface area (Å²) >= 11 is 2.91. The van der Waals surface area contributed by atoms with Gasteiger partial charge in [-0.3, -0.25) is 24.6 Å². The number of nitro groups is 1. The molecule has 3 atom stereocenters. The quantitative estimate of drug-likeness (QED) is 0.0235. The third kappa shape index (κ3) is 8.72. The highest BCUT2D eigenvalue weighted by atomic mass is 32.2. The average Bonchev–Trinajstić information content (AvgIpc) is 3.94. The van der Waals surface area contributed by atoms with Gasteiger partial charge in [-0.15, -0.1) is 23.1 Å². The number of thioether (sulfide) groups is 1. The molecule has 0 aliphatic carbocycles. The molecular formula is C56H45N2O7PS2. The zero-order valence-electron chi connectivity index (χ0n) is 36.8. The number of nitrogens with zero attached hydrogens (tertiary/aromatic N) is 2. The van der Waals surface area contributed by atoms with Crippen LogP contribution in [0.1, 0.15) is 40.2 Å². The van der Waals surface area contributed by atoms with Crippen LogP contribution in [0.15, 0.2) is 224 Å². The van der Waals surface area contributed by atoms with E-state index in [0.29, 0.717) is 10.4 Å². The Hall–Kier alpha value is -7.30. The number of non-ortho nitro benzene ring substituents is 1. The smallest absolute Gasteiger partial charge is 0.356 e. The highest BCUT2D eigenvalue weighted by Crippen LogP contribution is 2.59. The van der Waals surface area contributed by atoms with Crippen molar-refractivity contribution in [1.82, 2.24) is 4.90 Å². The molecule has 0 bridgehead atoms. The Balaban J connectivity index is 1.38. The summed E-state index contributed by atoms with van der Waals surface area (Å²) in [5, 5.41) is 15.0. The van der Waals surface area contributed by atoms with E-state index in [4.69, 9.17) is 9.47 Å². The molecule has 0 saturated carbocycles. The molecule has 1 saturated heterocycles. The molecule has 9 rings (SSSR count). The minimum absolute atomic E-state index is 0.0987. The van der Waals surface area contributed by atoms with E-state index < -0.39 is 51.8 Å². The second-order valence-electron chi connectivity index (χ2n) is 16.1. The summed E-state index contributed by atoms with van der Waals surface area (Å²) in [6.07, 6.45) is -1.01. The third-order valence-corrected chi connectivity index (χ3v) is 19.0. The number of benzene rings is 7. The van der Waals surface area contributed by atoms with Crippen molar-refractivity contribution < 1.29 is 28.8 Å². The van der Waals surface area contributed by atoms with E-state index in [1.165, 1.54) is 42.2 Å². The lowest BCUT2D eigenvalue weighted by atomic mass is 9.84. The topological polar surface area (TPSA) is 116 Å². The first-order valence-electron chi connectivity index (χ1n) is 22.0. The van der Waals surface area contributed by atoms with Crippen molar-refractivity contribution in [3.05, 3.63) is 261 Å². The van der Waals surface area contributed by atoms with E-state index in [1.807, 2.05) is 163 Å². The van der Waals surface area contributed by atoms with Crippen molar-refractivity contribution in [2.24, 2.45) is 5.92 Å². The van der Waals surface area contributed by atoms with Crippen LogP contribution in [-0.4, -0.2) is 38.5 Å². The monoisotopic (exact) mass is 952 g/mol. The standard InChI is InChI=1S/C56H45N2O7PS2/c1-40(59)65-51(49-33-20-38-67-49)50-52(60)57(54(50)68-56(42-21-8-2-9-22-42,43-23-10-3-11-24-43)44-25-12-4-13-26-44)53(55(61)64-39-41-34-36-45(37-35-41)58(62)63)66(46-27-14-5-15-28-46,47-29-16-6-17-30-47)48-31-18-7-19-32-48/h2-38,50-51,54H,39H2,1H3. The molecule has 338 valence electrons. The van der Waals surface area contributed by atoms with Gasteiger partial charge in [0.2, 0.25) is 5.91 Å². The summed E-state index contributed by atoms with van der Waals surface area (Å²) in [4.78, 5) is 58.8. The third-order valence-electron chi connectivity index (χ3n) is 12.0. The largest absolute Gasteiger partial charge is 0.456 e. The van der Waals surface area contributed by atoms with E-state index in [9.17, 15) is 14.9 Å². The molecule has 0 radical (unpaired) electrons. The van der Waals surface area contributed by atoms with Crippen LogP contribution in [0.25, 0.3) is 0 Å². The minimum Gasteiger partial charge on any atom is -0.456 e. The number of carbonyl (C=O) groups is 3. The molecule has 1 aromatic heterocycles. The zero-order chi connectivity index (χ0) is 47.1. The van der Waals surface area contributed by atoms with Crippen molar-refractivity contribution in [1.29, 1.82) is 0 Å². The molecule has 68 heavy (non-hydrogen) atoms. The Kier molecular flexibility index (Phi) is 13.7. The van der Waals surface area contributed by atoms with Gasteiger partial charge in [-0.25, -0.2) is 4.79 Å². The average molecular weight is 953 g/mol. The molecular weight excluding hydrogens is 908 g/mol. The van der Waals surface area contributed by atoms with Crippen molar-refractivity contribution in [2.75, 3.05) is 0 Å². The molecule has 0 spiro atoms. The Morgan fingerprint density at radius 2 is 1.10 bits per heavy atom. The molecule has 8 aromatic rings. The summed E-state index contributed by atoms with van der Waals surface area (Å²) in [5.74, 6) is -2.69. The number of ether oxygens (including phenoxy) is 2. The van der Waals surface area contributed by atoms with Gasteiger partial charge in [0.15, 0.2) is 6.10 Å². The SMILES string of the molecule is CC(=O)OC(c1cccs1)C1C(=O)N(C(C(=O)OCc2ccc([N+](=O)[O-])cc2)=P(c2ccccc2)(c2ccccc2)c2ccccc2)C1SC(c1ccccc1)(c1ccccc1)c1ccccc1. The van der Waals surface area contributed by atoms with Gasteiger partial charge in [-0.05, 0) is 61.7 Å². The van der Waals surface area contributed by atoms with Crippen molar-refractivity contribution in [3.8, 4) is 0 Å². The molecule has 2 heterocycles. The number of rotatable bonds is 16. The molecule has 9 nitrogen and oxygen atoms in total. The molecule has 12 heteroatoms. The summed E-state index contributed by atoms with van der Waals surface area (Å²) in [6.45, 7) is -2.34. The van der Waals surface area contributed by atoms with Crippen LogP contribution in [0.5, 0.6) is 0 Å². The first-order valence-corrected chi connectivity index (χ1v) is 25.5. The zero-order valence-corrected chi connectivity index (χ0v) is 39.3. The number of carbonyl (C=O) groups excluding carboxylic acids is 3. The van der Waals surface area contributed by atoms with Gasteiger partial charge in [0.1, 0.15) is 23.3 Å². The van der Waals surface area contributed by atoms with Gasteiger partial charge in [-0.1, -0.05) is 188 Å². The van der Waals surface area contributed by atoms with Crippen LogP contribution < -0.4 is 15.9 Å². The Bertz CT molecular complexity index is 2870. The Morgan fingerprint density at radius 3 is 1.50 bits per heavy atom. The maximum absolute atomic E-state index is 16.1. The predicted octanol–water partition coefficient (Wildman–Crippen LogP) is 10.6. The van der Waals surface area contributed by atoms with Crippen molar-refractivity contribution in [3.63, 3.8) is 0 Å². The van der Waals surface area contributed by atoms with Gasteiger partial charge < -0.3 is 9.47 Å². The van der Waals surface area contributed by atoms with E-state index in [1.54, 1.807) is 17.0 Å². The number of nitro benzene ring substituents is 1. The highest BCUT2D eigenvalue weighted by molar-refractivity contribution is 8.01. The summed E-state index contributed by atoms with van der Waals surface area (Å²) in [5.41, 5.74) is 3.35. The lowest BCUT2D eigenvalue weighted by molar-refractivity contribution is -0.384. The minimum atomic E-state index is -3.44. The molecule has 1 fully saturated rings. The number of hydrogen-bond acceptors (Lipinski definition) is 9. The second-order valence-corrected chi connectivity index (χ2v) is 21.7. The fraction of sp³-hybridized carbons (Fsp3) is 0.107.